The fraction of sp³-hybridized carbons (Fsp3) is 0.455. The first kappa shape index (κ1) is 15.2. The second kappa shape index (κ2) is 5.83. The number of benzene rings is 1. The van der Waals surface area contributed by atoms with Gasteiger partial charge in [0.15, 0.2) is 5.69 Å². The van der Waals surface area contributed by atoms with Crippen LogP contribution in [0.1, 0.15) is 18.1 Å². The van der Waals surface area contributed by atoms with E-state index in [4.69, 9.17) is 11.6 Å². The molecule has 0 aromatic heterocycles. The van der Waals surface area contributed by atoms with Crippen molar-refractivity contribution in [2.45, 2.75) is 26.8 Å². The minimum atomic E-state index is -0.636. The number of nitro benzene ring substituents is 2. The fourth-order valence-electron chi connectivity index (χ4n) is 1.68. The highest BCUT2D eigenvalue weighted by atomic mass is 35.5. The molecule has 104 valence electrons. The molecule has 0 saturated heterocycles. The Labute approximate surface area is 114 Å². The summed E-state index contributed by atoms with van der Waals surface area (Å²) in [5.74, 6) is 0.182. The van der Waals surface area contributed by atoms with Crippen LogP contribution in [0.4, 0.5) is 17.1 Å². The van der Waals surface area contributed by atoms with E-state index >= 15 is 0 Å². The molecule has 7 nitrogen and oxygen atoms in total. The van der Waals surface area contributed by atoms with Crippen molar-refractivity contribution in [3.8, 4) is 0 Å². The molecule has 1 N–H and O–H groups in total. The lowest BCUT2D eigenvalue weighted by Gasteiger charge is -2.14. The minimum Gasteiger partial charge on any atom is -0.370 e. The summed E-state index contributed by atoms with van der Waals surface area (Å²) in [4.78, 5) is 20.9. The molecule has 1 aromatic rings. The lowest BCUT2D eigenvalue weighted by Crippen LogP contribution is -2.19. The topological polar surface area (TPSA) is 98.3 Å². The number of alkyl halides is 1. The van der Waals surface area contributed by atoms with Crippen LogP contribution in [-0.2, 0) is 0 Å². The van der Waals surface area contributed by atoms with E-state index in [1.807, 2.05) is 0 Å². The van der Waals surface area contributed by atoms with Gasteiger partial charge >= 0.3 is 5.69 Å². The second-order valence-corrected chi connectivity index (χ2v) is 4.58. The molecule has 0 saturated carbocycles. The molecule has 1 unspecified atom stereocenters. The summed E-state index contributed by atoms with van der Waals surface area (Å²) in [5.41, 5.74) is 0.226. The van der Waals surface area contributed by atoms with Gasteiger partial charge in [0.05, 0.1) is 9.85 Å². The van der Waals surface area contributed by atoms with Crippen LogP contribution in [0.15, 0.2) is 6.07 Å². The third-order valence-corrected chi connectivity index (χ3v) is 3.26. The molecule has 0 aliphatic carbocycles. The number of nitrogens with zero attached hydrogens (tertiary/aromatic N) is 2. The summed E-state index contributed by atoms with van der Waals surface area (Å²) in [6, 6.07) is 1.01. The van der Waals surface area contributed by atoms with Gasteiger partial charge in [-0.15, -0.1) is 11.6 Å². The van der Waals surface area contributed by atoms with Crippen LogP contribution in [0.2, 0.25) is 0 Å². The summed E-state index contributed by atoms with van der Waals surface area (Å²) in [7, 11) is 0. The van der Waals surface area contributed by atoms with E-state index in [0.29, 0.717) is 11.1 Å². The normalized spacial score (nSPS) is 12.0. The van der Waals surface area contributed by atoms with Crippen molar-refractivity contribution in [3.05, 3.63) is 37.4 Å². The molecule has 0 bridgehead atoms. The van der Waals surface area contributed by atoms with Crippen molar-refractivity contribution < 1.29 is 9.85 Å². The Morgan fingerprint density at radius 2 is 1.89 bits per heavy atom. The number of halogens is 1. The number of nitro groups is 2. The molecule has 1 atom stereocenters. The van der Waals surface area contributed by atoms with E-state index in [1.165, 1.54) is 6.07 Å². The second-order valence-electron chi connectivity index (χ2n) is 4.28. The molecule has 0 amide bonds. The SMILES string of the molecule is Cc1cc([N+](=O)[O-])c(NC(C)CCl)c([N+](=O)[O-])c1C. The van der Waals surface area contributed by atoms with Gasteiger partial charge in [-0.3, -0.25) is 20.2 Å². The summed E-state index contributed by atoms with van der Waals surface area (Å²) >= 11 is 5.63. The summed E-state index contributed by atoms with van der Waals surface area (Å²) < 4.78 is 0. The standard InChI is InChI=1S/C11H14ClN3O4/c1-6-4-9(14(16)17)10(13-7(2)5-12)11(8(6)3)15(18)19/h4,7,13H,5H2,1-3H3. The van der Waals surface area contributed by atoms with Gasteiger partial charge in [0.1, 0.15) is 0 Å². The monoisotopic (exact) mass is 287 g/mol. The van der Waals surface area contributed by atoms with Crippen LogP contribution in [0.5, 0.6) is 0 Å². The number of hydrogen-bond acceptors (Lipinski definition) is 5. The summed E-state index contributed by atoms with van der Waals surface area (Å²) in [6.07, 6.45) is 0. The summed E-state index contributed by atoms with van der Waals surface area (Å²) in [6.45, 7) is 4.85. The highest BCUT2D eigenvalue weighted by molar-refractivity contribution is 6.18. The Morgan fingerprint density at radius 3 is 2.32 bits per heavy atom. The van der Waals surface area contributed by atoms with Crippen LogP contribution in [-0.4, -0.2) is 21.8 Å². The zero-order valence-corrected chi connectivity index (χ0v) is 11.5. The van der Waals surface area contributed by atoms with Gasteiger partial charge in [0.2, 0.25) is 0 Å². The molecule has 0 radical (unpaired) electrons. The molecule has 0 aliphatic heterocycles. The van der Waals surface area contributed by atoms with Crippen molar-refractivity contribution in [2.75, 3.05) is 11.2 Å². The van der Waals surface area contributed by atoms with Gasteiger partial charge in [-0.2, -0.15) is 0 Å². The Kier molecular flexibility index (Phi) is 4.66. The molecule has 0 heterocycles. The Balaban J connectivity index is 3.56. The van der Waals surface area contributed by atoms with Crippen molar-refractivity contribution in [3.63, 3.8) is 0 Å². The van der Waals surface area contributed by atoms with Crippen LogP contribution in [0.3, 0.4) is 0 Å². The Morgan fingerprint density at radius 1 is 1.32 bits per heavy atom. The van der Waals surface area contributed by atoms with Gasteiger partial charge in [0, 0.05) is 23.6 Å². The van der Waals surface area contributed by atoms with Gasteiger partial charge in [-0.05, 0) is 26.3 Å². The molecule has 8 heteroatoms. The molecule has 0 spiro atoms. The van der Waals surface area contributed by atoms with Crippen molar-refractivity contribution >= 4 is 28.7 Å². The maximum absolute atomic E-state index is 11.1. The van der Waals surface area contributed by atoms with Crippen molar-refractivity contribution in [2.24, 2.45) is 0 Å². The Hall–Kier alpha value is -1.89. The first-order valence-electron chi connectivity index (χ1n) is 5.55. The zero-order chi connectivity index (χ0) is 14.7. The summed E-state index contributed by atoms with van der Waals surface area (Å²) in [5, 5.41) is 24.9. The van der Waals surface area contributed by atoms with Crippen LogP contribution < -0.4 is 5.32 Å². The number of anilines is 1. The quantitative estimate of drug-likeness (QED) is 0.509. The fourth-order valence-corrected chi connectivity index (χ4v) is 1.76. The van der Waals surface area contributed by atoms with Gasteiger partial charge in [0.25, 0.3) is 5.69 Å². The first-order chi connectivity index (χ1) is 8.79. The van der Waals surface area contributed by atoms with E-state index in [1.54, 1.807) is 20.8 Å². The largest absolute Gasteiger partial charge is 0.370 e. The van der Waals surface area contributed by atoms with E-state index in [9.17, 15) is 20.2 Å². The van der Waals surface area contributed by atoms with Gasteiger partial charge < -0.3 is 5.32 Å². The highest BCUT2D eigenvalue weighted by Crippen LogP contribution is 2.39. The van der Waals surface area contributed by atoms with E-state index < -0.39 is 9.85 Å². The molecule has 0 aliphatic rings. The smallest absolute Gasteiger partial charge is 0.302 e. The molecule has 1 rings (SSSR count). The highest BCUT2D eigenvalue weighted by Gasteiger charge is 2.29. The number of aryl methyl sites for hydroxylation is 1. The van der Waals surface area contributed by atoms with E-state index in [-0.39, 0.29) is 29.0 Å². The number of nitrogens with one attached hydrogen (secondary N) is 1. The average molecular weight is 288 g/mol. The van der Waals surface area contributed by atoms with Crippen molar-refractivity contribution in [1.29, 1.82) is 0 Å². The van der Waals surface area contributed by atoms with Crippen LogP contribution in [0.25, 0.3) is 0 Å². The molecule has 1 aromatic carbocycles. The molecular weight excluding hydrogens is 274 g/mol. The third kappa shape index (κ3) is 3.11. The van der Waals surface area contributed by atoms with E-state index in [2.05, 4.69) is 5.32 Å². The molecule has 0 fully saturated rings. The molecule has 19 heavy (non-hydrogen) atoms. The maximum Gasteiger partial charge on any atom is 0.302 e. The van der Waals surface area contributed by atoms with Crippen molar-refractivity contribution in [1.82, 2.24) is 0 Å². The number of hydrogen-bond donors (Lipinski definition) is 1. The Bertz CT molecular complexity index is 533. The predicted octanol–water partition coefficient (Wildman–Crippen LogP) is 3.16. The average Bonchev–Trinajstić information content (AvgIpc) is 2.32. The van der Waals surface area contributed by atoms with Crippen LogP contribution in [0, 0.1) is 34.1 Å². The van der Waals surface area contributed by atoms with Crippen LogP contribution >= 0.6 is 11.6 Å². The maximum atomic E-state index is 11.1. The van der Waals surface area contributed by atoms with E-state index in [0.717, 1.165) is 0 Å². The lowest BCUT2D eigenvalue weighted by atomic mass is 10.0. The van der Waals surface area contributed by atoms with Gasteiger partial charge in [-0.25, -0.2) is 0 Å². The molecular formula is C11H14ClN3O4. The predicted molar refractivity (Wildman–Crippen MR) is 73.0 cm³/mol. The number of rotatable bonds is 5. The first-order valence-corrected chi connectivity index (χ1v) is 6.08. The van der Waals surface area contributed by atoms with Gasteiger partial charge in [-0.1, -0.05) is 0 Å². The third-order valence-electron chi connectivity index (χ3n) is 2.79. The lowest BCUT2D eigenvalue weighted by molar-refractivity contribution is -0.392. The zero-order valence-electron chi connectivity index (χ0n) is 10.8. The minimum absolute atomic E-state index is 0.0914.